The Hall–Kier alpha value is -3.71. The van der Waals surface area contributed by atoms with Crippen LogP contribution >= 0.6 is 36.0 Å². The van der Waals surface area contributed by atoms with Crippen LogP contribution in [0.15, 0.2) is 125 Å². The summed E-state index contributed by atoms with van der Waals surface area (Å²) >= 11 is 12.6. The normalized spacial score (nSPS) is 11.4. The third kappa shape index (κ3) is 7.93. The van der Waals surface area contributed by atoms with Crippen molar-refractivity contribution in [3.8, 4) is 11.5 Å². The summed E-state index contributed by atoms with van der Waals surface area (Å²) in [6.45, 7) is 8.42. The predicted molar refractivity (Wildman–Crippen MR) is 194 cm³/mol. The Labute approximate surface area is 281 Å². The van der Waals surface area contributed by atoms with Crippen molar-refractivity contribution in [1.29, 1.82) is 0 Å². The molecule has 5 aromatic rings. The van der Waals surface area contributed by atoms with Crippen molar-refractivity contribution >= 4 is 47.4 Å². The third-order valence-corrected chi connectivity index (χ3v) is 10.0. The van der Waals surface area contributed by atoms with E-state index in [1.54, 1.807) is 23.9 Å². The number of anilines is 2. The summed E-state index contributed by atoms with van der Waals surface area (Å²) in [5, 5.41) is 22.6. The number of rotatable bonds is 12. The number of aromatic hydroxyl groups is 2. The number of phenolic OH excluding ortho intramolecular Hbond substituents is 2. The van der Waals surface area contributed by atoms with Crippen LogP contribution < -0.4 is 9.80 Å². The first-order chi connectivity index (χ1) is 21.7. The molecule has 5 rings (SSSR count). The minimum absolute atomic E-state index is 0.253. The molecule has 7 heteroatoms. The van der Waals surface area contributed by atoms with Gasteiger partial charge in [0.05, 0.1) is 10.9 Å². The van der Waals surface area contributed by atoms with E-state index in [0.717, 1.165) is 50.0 Å². The number of hydrogen-bond donors (Lipinski definition) is 3. The second-order valence-electron chi connectivity index (χ2n) is 11.6. The second kappa shape index (κ2) is 14.6. The zero-order valence-corrected chi connectivity index (χ0v) is 28.3. The Kier molecular flexibility index (Phi) is 10.6. The number of nitrogens with zero attached hydrogens (tertiary/aromatic N) is 2. The third-order valence-electron chi connectivity index (χ3n) is 8.24. The number of phenols is 2. The van der Waals surface area contributed by atoms with Crippen LogP contribution in [0.4, 0.5) is 11.4 Å². The van der Waals surface area contributed by atoms with Crippen molar-refractivity contribution in [3.63, 3.8) is 0 Å². The second-order valence-corrected chi connectivity index (χ2v) is 13.5. The van der Waals surface area contributed by atoms with Gasteiger partial charge in [-0.3, -0.25) is 0 Å². The lowest BCUT2D eigenvalue weighted by molar-refractivity contribution is 0.465. The number of thioether (sulfide) groups is 1. The van der Waals surface area contributed by atoms with E-state index in [-0.39, 0.29) is 16.9 Å². The predicted octanol–water partition coefficient (Wildman–Crippen LogP) is 10.1. The van der Waals surface area contributed by atoms with Gasteiger partial charge in [0, 0.05) is 57.3 Å². The van der Waals surface area contributed by atoms with E-state index in [9.17, 15) is 10.2 Å². The smallest absolute Gasteiger partial charge is 0.120 e. The first kappa shape index (κ1) is 32.7. The summed E-state index contributed by atoms with van der Waals surface area (Å²) < 4.78 is 0. The minimum Gasteiger partial charge on any atom is -0.508 e. The van der Waals surface area contributed by atoms with Gasteiger partial charge in [0.2, 0.25) is 0 Å². The maximum absolute atomic E-state index is 11.0. The van der Waals surface area contributed by atoms with Gasteiger partial charge in [-0.15, -0.1) is 24.4 Å². The molecule has 4 nitrogen and oxygen atoms in total. The van der Waals surface area contributed by atoms with Gasteiger partial charge in [-0.05, 0) is 84.8 Å². The van der Waals surface area contributed by atoms with Gasteiger partial charge >= 0.3 is 0 Å². The summed E-state index contributed by atoms with van der Waals surface area (Å²) in [6.07, 6.45) is 0. The van der Waals surface area contributed by atoms with E-state index in [4.69, 9.17) is 11.6 Å². The molecule has 0 aliphatic heterocycles. The molecule has 0 saturated carbocycles. The highest BCUT2D eigenvalue weighted by Crippen LogP contribution is 2.38. The summed E-state index contributed by atoms with van der Waals surface area (Å²) in [7, 11) is 0. The highest BCUT2D eigenvalue weighted by molar-refractivity contribution is 7.99. The molecule has 0 aromatic heterocycles. The van der Waals surface area contributed by atoms with Gasteiger partial charge in [-0.1, -0.05) is 74.0 Å². The first-order valence-corrected chi connectivity index (χ1v) is 16.8. The topological polar surface area (TPSA) is 46.9 Å². The summed E-state index contributed by atoms with van der Waals surface area (Å²) in [4.78, 5) is 6.31. The zero-order valence-electron chi connectivity index (χ0n) is 25.8. The standard InChI is InChI=1S/C38H39ClN2O2S2/c1-4-40(31-11-7-5-8-12-31)24-27-21-29(15-19-35(27)42)38(2,3)30-16-20-36(43)28(22-30)25-41(32-13-9-6-10-14-32)26-45-37-23-33(44)17-18-34(37)39/h5-23,42-44H,4,24-26H2,1-3H3. The summed E-state index contributed by atoms with van der Waals surface area (Å²) in [5.74, 6) is 1.17. The molecule has 2 N–H and O–H groups in total. The Bertz CT molecular complexity index is 1730. The molecule has 0 spiro atoms. The van der Waals surface area contributed by atoms with Crippen LogP contribution in [0, 0.1) is 0 Å². The van der Waals surface area contributed by atoms with Gasteiger partial charge in [0.25, 0.3) is 0 Å². The van der Waals surface area contributed by atoms with Crippen molar-refractivity contribution < 1.29 is 10.2 Å². The van der Waals surface area contributed by atoms with Crippen LogP contribution in [-0.4, -0.2) is 22.6 Å². The fourth-order valence-electron chi connectivity index (χ4n) is 5.40. The summed E-state index contributed by atoms with van der Waals surface area (Å²) in [6, 6.07) is 38.0. The Morgan fingerprint density at radius 2 is 1.20 bits per heavy atom. The highest BCUT2D eigenvalue weighted by atomic mass is 35.5. The van der Waals surface area contributed by atoms with E-state index in [0.29, 0.717) is 24.0 Å². The molecule has 0 aliphatic rings. The average molecular weight is 655 g/mol. The van der Waals surface area contributed by atoms with Gasteiger partial charge in [0.1, 0.15) is 11.5 Å². The molecule has 0 atom stereocenters. The number of para-hydroxylation sites is 2. The molecule has 0 bridgehead atoms. The van der Waals surface area contributed by atoms with Crippen molar-refractivity contribution in [2.45, 2.75) is 49.1 Å². The van der Waals surface area contributed by atoms with E-state index >= 15 is 0 Å². The molecule has 232 valence electrons. The van der Waals surface area contributed by atoms with Crippen molar-refractivity contribution in [1.82, 2.24) is 0 Å². The van der Waals surface area contributed by atoms with Crippen LogP contribution in [-0.2, 0) is 18.5 Å². The van der Waals surface area contributed by atoms with Crippen molar-refractivity contribution in [2.24, 2.45) is 0 Å². The van der Waals surface area contributed by atoms with Crippen LogP contribution in [0.2, 0.25) is 5.02 Å². The van der Waals surface area contributed by atoms with Gasteiger partial charge < -0.3 is 20.0 Å². The lowest BCUT2D eigenvalue weighted by Crippen LogP contribution is -2.24. The Balaban J connectivity index is 1.42. The van der Waals surface area contributed by atoms with Crippen LogP contribution in [0.3, 0.4) is 0 Å². The molecule has 0 radical (unpaired) electrons. The Morgan fingerprint density at radius 3 is 1.73 bits per heavy atom. The van der Waals surface area contributed by atoms with Crippen molar-refractivity contribution in [2.75, 3.05) is 22.2 Å². The number of thiol groups is 1. The van der Waals surface area contributed by atoms with Crippen LogP contribution in [0.25, 0.3) is 0 Å². The number of hydrogen-bond acceptors (Lipinski definition) is 6. The lowest BCUT2D eigenvalue weighted by Gasteiger charge is -2.30. The molecule has 0 unspecified atom stereocenters. The average Bonchev–Trinajstić information content (AvgIpc) is 3.05. The maximum Gasteiger partial charge on any atom is 0.120 e. The molecule has 45 heavy (non-hydrogen) atoms. The molecule has 0 fully saturated rings. The fourth-order valence-corrected chi connectivity index (χ4v) is 6.93. The van der Waals surface area contributed by atoms with Gasteiger partial charge in [0.15, 0.2) is 0 Å². The molecular formula is C38H39ClN2O2S2. The SMILES string of the molecule is CCN(Cc1cc(C(C)(C)c2ccc(O)c(CN(CSc3cc(S)ccc3Cl)c3ccccc3)c2)ccc1O)c1ccccc1. The van der Waals surface area contributed by atoms with E-state index in [1.165, 1.54) is 0 Å². The Morgan fingerprint density at radius 1 is 0.689 bits per heavy atom. The molecule has 5 aromatic carbocycles. The zero-order chi connectivity index (χ0) is 32.0. The van der Waals surface area contributed by atoms with Gasteiger partial charge in [-0.25, -0.2) is 0 Å². The lowest BCUT2D eigenvalue weighted by atomic mass is 9.77. The summed E-state index contributed by atoms with van der Waals surface area (Å²) in [5.41, 5.74) is 5.66. The van der Waals surface area contributed by atoms with E-state index in [2.05, 4.69) is 79.6 Å². The van der Waals surface area contributed by atoms with E-state index < -0.39 is 0 Å². The molecular weight excluding hydrogens is 616 g/mol. The molecule has 0 heterocycles. The van der Waals surface area contributed by atoms with Crippen LogP contribution in [0.1, 0.15) is 43.0 Å². The molecule has 0 aliphatic carbocycles. The maximum atomic E-state index is 11.0. The highest BCUT2D eigenvalue weighted by Gasteiger charge is 2.26. The largest absolute Gasteiger partial charge is 0.508 e. The van der Waals surface area contributed by atoms with Gasteiger partial charge in [-0.2, -0.15) is 0 Å². The molecule has 0 amide bonds. The van der Waals surface area contributed by atoms with Crippen molar-refractivity contribution in [3.05, 3.63) is 143 Å². The number of halogens is 1. The minimum atomic E-state index is -0.387. The monoisotopic (exact) mass is 654 g/mol. The quantitative estimate of drug-likeness (QED) is 0.0710. The van der Waals surface area contributed by atoms with Crippen LogP contribution in [0.5, 0.6) is 11.5 Å². The molecule has 0 saturated heterocycles. The first-order valence-electron chi connectivity index (χ1n) is 15.0. The number of benzene rings is 5. The fraction of sp³-hybridized carbons (Fsp3) is 0.211. The van der Waals surface area contributed by atoms with E-state index in [1.807, 2.05) is 66.7 Å².